The molecule has 10 heteroatoms. The smallest absolute Gasteiger partial charge is 0.242 e. The lowest BCUT2D eigenvalue weighted by Gasteiger charge is -2.40. The van der Waals surface area contributed by atoms with Gasteiger partial charge in [-0.05, 0) is 72.7 Å². The number of aryl methyl sites for hydroxylation is 2. The number of aliphatic hydroxyl groups excluding tert-OH is 1. The summed E-state index contributed by atoms with van der Waals surface area (Å²) in [4.78, 5) is 14.0. The molecule has 3 aromatic carbocycles. The number of hydrogen-bond acceptors (Lipinski definition) is 5. The van der Waals surface area contributed by atoms with Crippen molar-refractivity contribution >= 4 is 34.8 Å². The maximum Gasteiger partial charge on any atom is 0.242 e. The molecule has 1 fully saturated rings. The van der Waals surface area contributed by atoms with Gasteiger partial charge in [-0.15, -0.1) is 0 Å². The molecule has 0 aromatic heterocycles. The number of nitrogens with one attached hydrogen (secondary N) is 2. The Labute approximate surface area is 248 Å². The predicted octanol–water partition coefficient (Wildman–Crippen LogP) is 6.22. The highest BCUT2D eigenvalue weighted by molar-refractivity contribution is 6.31. The molecule has 1 aliphatic heterocycles. The standard InChI is InChI=1S/C31H35Cl2F2N3O3/c1-15-12-23(16(2)11-19(15)29(40)41)37-28(39)27-25(18-7-6-8-21(33)26(18)35)31(36,24(38-27)14-30(3,4)5)20-10-9-17(32)13-22(20)34/h6-13,24-25,27,29,38,40-41H,14,36H2,1-5H3,(H,37,39). The lowest BCUT2D eigenvalue weighted by atomic mass is 9.68. The number of nitrogens with two attached hydrogens (primary N) is 1. The minimum Gasteiger partial charge on any atom is -0.364 e. The first-order valence-electron chi connectivity index (χ1n) is 13.3. The average molecular weight is 607 g/mol. The van der Waals surface area contributed by atoms with Crippen molar-refractivity contribution in [1.82, 2.24) is 5.32 Å². The molecule has 4 unspecified atom stereocenters. The summed E-state index contributed by atoms with van der Waals surface area (Å²) < 4.78 is 31.4. The number of aliphatic hydroxyl groups is 2. The number of halogens is 4. The minimum absolute atomic E-state index is 0.0741. The van der Waals surface area contributed by atoms with Crippen LogP contribution < -0.4 is 16.4 Å². The van der Waals surface area contributed by atoms with Crippen molar-refractivity contribution in [2.75, 3.05) is 5.32 Å². The normalized spacial score (nSPS) is 22.8. The van der Waals surface area contributed by atoms with Crippen molar-refractivity contribution in [3.8, 4) is 0 Å². The Bertz CT molecular complexity index is 1480. The lowest BCUT2D eigenvalue weighted by Crippen LogP contribution is -2.52. The molecule has 4 atom stereocenters. The van der Waals surface area contributed by atoms with E-state index < -0.39 is 47.4 Å². The zero-order valence-corrected chi connectivity index (χ0v) is 25.0. The second-order valence-corrected chi connectivity index (χ2v) is 12.9. The highest BCUT2D eigenvalue weighted by Gasteiger charge is 2.58. The van der Waals surface area contributed by atoms with Gasteiger partial charge in [0.1, 0.15) is 11.6 Å². The van der Waals surface area contributed by atoms with Gasteiger partial charge in [0, 0.05) is 33.8 Å². The van der Waals surface area contributed by atoms with Gasteiger partial charge in [0.05, 0.1) is 16.6 Å². The van der Waals surface area contributed by atoms with Gasteiger partial charge in [0.25, 0.3) is 0 Å². The summed E-state index contributed by atoms with van der Waals surface area (Å²) in [6.45, 7) is 9.40. The van der Waals surface area contributed by atoms with E-state index in [9.17, 15) is 15.0 Å². The molecule has 0 bridgehead atoms. The van der Waals surface area contributed by atoms with E-state index in [4.69, 9.17) is 28.9 Å². The van der Waals surface area contributed by atoms with Crippen LogP contribution in [0.4, 0.5) is 14.5 Å². The summed E-state index contributed by atoms with van der Waals surface area (Å²) in [6, 6.07) is 10.1. The van der Waals surface area contributed by atoms with Gasteiger partial charge in [0.2, 0.25) is 5.91 Å². The van der Waals surface area contributed by atoms with E-state index in [0.717, 1.165) is 6.07 Å². The van der Waals surface area contributed by atoms with Crippen molar-refractivity contribution in [3.63, 3.8) is 0 Å². The number of rotatable bonds is 6. The maximum atomic E-state index is 15.7. The number of carbonyl (C=O) groups is 1. The highest BCUT2D eigenvalue weighted by atomic mass is 35.5. The SMILES string of the molecule is Cc1cc(C(O)O)c(C)cc1NC(=O)C1NC(CC(C)(C)C)C(N)(c2ccc(Cl)cc2F)C1c1cccc(Cl)c1F. The number of anilines is 1. The van der Waals surface area contributed by atoms with Crippen molar-refractivity contribution in [2.45, 2.75) is 70.9 Å². The summed E-state index contributed by atoms with van der Waals surface area (Å²) in [5, 5.41) is 25.6. The van der Waals surface area contributed by atoms with Crippen molar-refractivity contribution < 1.29 is 23.8 Å². The molecular weight excluding hydrogens is 571 g/mol. The van der Waals surface area contributed by atoms with E-state index in [1.165, 1.54) is 24.3 Å². The first-order valence-corrected chi connectivity index (χ1v) is 14.0. The molecular formula is C31H35Cl2F2N3O3. The van der Waals surface area contributed by atoms with Crippen LogP contribution in [0.25, 0.3) is 0 Å². The second kappa shape index (κ2) is 11.6. The molecule has 4 rings (SSSR count). The molecule has 220 valence electrons. The molecule has 6 N–H and O–H groups in total. The quantitative estimate of drug-likeness (QED) is 0.214. The van der Waals surface area contributed by atoms with Gasteiger partial charge in [0.15, 0.2) is 6.29 Å². The Balaban J connectivity index is 1.90. The Morgan fingerprint density at radius 2 is 1.78 bits per heavy atom. The van der Waals surface area contributed by atoms with Crippen molar-refractivity contribution in [1.29, 1.82) is 0 Å². The third kappa shape index (κ3) is 6.14. The Hall–Kier alpha value is -2.59. The number of amides is 1. The van der Waals surface area contributed by atoms with Gasteiger partial charge < -0.3 is 26.6 Å². The van der Waals surface area contributed by atoms with E-state index in [-0.39, 0.29) is 26.6 Å². The Morgan fingerprint density at radius 1 is 1.10 bits per heavy atom. The van der Waals surface area contributed by atoms with Crippen LogP contribution in [0.15, 0.2) is 48.5 Å². The highest BCUT2D eigenvalue weighted by Crippen LogP contribution is 2.50. The number of benzene rings is 3. The van der Waals surface area contributed by atoms with Gasteiger partial charge in [-0.25, -0.2) is 8.78 Å². The summed E-state index contributed by atoms with van der Waals surface area (Å²) in [5.41, 5.74) is 7.37. The molecule has 41 heavy (non-hydrogen) atoms. The van der Waals surface area contributed by atoms with Crippen LogP contribution in [0.2, 0.25) is 10.0 Å². The zero-order valence-electron chi connectivity index (χ0n) is 23.5. The summed E-state index contributed by atoms with van der Waals surface area (Å²) in [7, 11) is 0. The Kier molecular flexibility index (Phi) is 8.86. The molecule has 3 aromatic rings. The van der Waals surface area contributed by atoms with E-state index in [1.54, 1.807) is 32.0 Å². The number of hydrogen-bond donors (Lipinski definition) is 5. The van der Waals surface area contributed by atoms with Gasteiger partial charge in [-0.2, -0.15) is 0 Å². The van der Waals surface area contributed by atoms with Crippen LogP contribution in [-0.4, -0.2) is 28.2 Å². The van der Waals surface area contributed by atoms with Crippen LogP contribution >= 0.6 is 23.2 Å². The maximum absolute atomic E-state index is 15.7. The molecule has 0 radical (unpaired) electrons. The Morgan fingerprint density at radius 3 is 2.39 bits per heavy atom. The van der Waals surface area contributed by atoms with Gasteiger partial charge in [-0.3, -0.25) is 4.79 Å². The summed E-state index contributed by atoms with van der Waals surface area (Å²) >= 11 is 12.3. The molecule has 6 nitrogen and oxygen atoms in total. The van der Waals surface area contributed by atoms with Crippen LogP contribution in [0.3, 0.4) is 0 Å². The third-order valence-corrected chi connectivity index (χ3v) is 8.29. The van der Waals surface area contributed by atoms with Crippen LogP contribution in [0.5, 0.6) is 0 Å². The van der Waals surface area contributed by atoms with E-state index in [2.05, 4.69) is 10.6 Å². The fraction of sp³-hybridized carbons (Fsp3) is 0.387. The van der Waals surface area contributed by atoms with Crippen LogP contribution in [-0.2, 0) is 10.3 Å². The summed E-state index contributed by atoms with van der Waals surface area (Å²) in [6.07, 6.45) is -1.25. The molecule has 1 aliphatic rings. The molecule has 1 heterocycles. The molecule has 0 spiro atoms. The van der Waals surface area contributed by atoms with E-state index >= 15 is 8.78 Å². The topological polar surface area (TPSA) is 108 Å². The van der Waals surface area contributed by atoms with Gasteiger partial charge in [-0.1, -0.05) is 62.2 Å². The molecule has 0 saturated carbocycles. The largest absolute Gasteiger partial charge is 0.364 e. The molecule has 1 saturated heterocycles. The fourth-order valence-corrected chi connectivity index (χ4v) is 6.21. The van der Waals surface area contributed by atoms with Crippen molar-refractivity contribution in [2.24, 2.45) is 11.1 Å². The second-order valence-electron chi connectivity index (χ2n) is 12.0. The monoisotopic (exact) mass is 605 g/mol. The number of carbonyl (C=O) groups excluding carboxylic acids is 1. The molecule has 0 aliphatic carbocycles. The molecule has 1 amide bonds. The van der Waals surface area contributed by atoms with Crippen LogP contribution in [0, 0.1) is 30.9 Å². The van der Waals surface area contributed by atoms with E-state index in [0.29, 0.717) is 28.8 Å². The van der Waals surface area contributed by atoms with Gasteiger partial charge >= 0.3 is 0 Å². The first-order chi connectivity index (χ1) is 19.0. The summed E-state index contributed by atoms with van der Waals surface area (Å²) in [5.74, 6) is -3.01. The van der Waals surface area contributed by atoms with Crippen LogP contribution in [0.1, 0.15) is 67.2 Å². The first kappa shape index (κ1) is 31.3. The minimum atomic E-state index is -1.67. The fourth-order valence-electron chi connectivity index (χ4n) is 5.87. The van der Waals surface area contributed by atoms with E-state index in [1.807, 2.05) is 20.8 Å². The predicted molar refractivity (Wildman–Crippen MR) is 158 cm³/mol. The average Bonchev–Trinajstić information content (AvgIpc) is 3.13. The lowest BCUT2D eigenvalue weighted by molar-refractivity contribution is -0.118. The zero-order chi connectivity index (χ0) is 30.4. The van der Waals surface area contributed by atoms with Crippen molar-refractivity contribution in [3.05, 3.63) is 98.0 Å². The third-order valence-electron chi connectivity index (χ3n) is 7.77.